The normalized spacial score (nSPS) is 11.7. The third kappa shape index (κ3) is 11.6. The molecule has 2 aromatic carbocycles. The standard InChI is InChI=1S/2C17H25ClN2O2Si/c1-13-11-20(12-22-8-9-23(3,4)5)17(19-13)15-10-14(18)6-7-16(15)21-2;1-13-11-19-17(15-10-14(18)6-7-16(15)21-2)20(13)12-22-8-9-23(3,4)5/h2*6-7,10-11H,8-9,12H2,1-5H3. The lowest BCUT2D eigenvalue weighted by Gasteiger charge is -2.17. The van der Waals surface area contributed by atoms with Crippen molar-refractivity contribution >= 4 is 39.3 Å². The van der Waals surface area contributed by atoms with Crippen molar-refractivity contribution < 1.29 is 18.9 Å². The number of hydrogen-bond acceptors (Lipinski definition) is 6. The lowest BCUT2D eigenvalue weighted by atomic mass is 10.2. The summed E-state index contributed by atoms with van der Waals surface area (Å²) >= 11 is 12.3. The molecule has 0 saturated carbocycles. The summed E-state index contributed by atoms with van der Waals surface area (Å²) in [6.07, 6.45) is 3.84. The summed E-state index contributed by atoms with van der Waals surface area (Å²) in [6, 6.07) is 13.4. The van der Waals surface area contributed by atoms with Crippen LogP contribution in [0.25, 0.3) is 22.8 Å². The van der Waals surface area contributed by atoms with E-state index in [4.69, 9.17) is 42.1 Å². The van der Waals surface area contributed by atoms with Crippen LogP contribution in [-0.2, 0) is 22.9 Å². The third-order valence-corrected chi connectivity index (χ3v) is 11.1. The highest BCUT2D eigenvalue weighted by Crippen LogP contribution is 2.33. The van der Waals surface area contributed by atoms with Crippen LogP contribution in [0, 0.1) is 13.8 Å². The van der Waals surface area contributed by atoms with E-state index in [0.717, 1.165) is 71.0 Å². The Morgan fingerprint density at radius 1 is 0.717 bits per heavy atom. The lowest BCUT2D eigenvalue weighted by molar-refractivity contribution is 0.0870. The van der Waals surface area contributed by atoms with Crippen molar-refractivity contribution in [3.63, 3.8) is 0 Å². The first-order valence-electron chi connectivity index (χ1n) is 15.5. The molecule has 0 spiro atoms. The number of methoxy groups -OCH3 is 2. The van der Waals surface area contributed by atoms with Crippen molar-refractivity contribution in [3.05, 3.63) is 70.2 Å². The van der Waals surface area contributed by atoms with Gasteiger partial charge in [0.15, 0.2) is 0 Å². The van der Waals surface area contributed by atoms with E-state index in [1.54, 1.807) is 14.2 Å². The third-order valence-electron chi connectivity index (χ3n) is 7.20. The fourth-order valence-electron chi connectivity index (χ4n) is 4.48. The molecule has 8 nitrogen and oxygen atoms in total. The Morgan fingerprint density at radius 3 is 1.72 bits per heavy atom. The molecule has 46 heavy (non-hydrogen) atoms. The Balaban J connectivity index is 0.000000250. The fraction of sp³-hybridized carbons (Fsp3) is 0.471. The number of aryl methyl sites for hydroxylation is 2. The molecule has 0 bridgehead atoms. The molecule has 2 heterocycles. The molecule has 12 heteroatoms. The Hall–Kier alpha value is -2.61. The molecule has 0 saturated heterocycles. The van der Waals surface area contributed by atoms with Crippen molar-refractivity contribution in [2.75, 3.05) is 27.4 Å². The molecular weight excluding hydrogens is 655 g/mol. The van der Waals surface area contributed by atoms with E-state index in [9.17, 15) is 0 Å². The molecule has 0 N–H and O–H groups in total. The average molecular weight is 706 g/mol. The van der Waals surface area contributed by atoms with E-state index in [2.05, 4.69) is 53.8 Å². The molecule has 4 aromatic rings. The molecule has 4 rings (SSSR count). The van der Waals surface area contributed by atoms with Gasteiger partial charge in [0.1, 0.15) is 36.6 Å². The van der Waals surface area contributed by atoms with Gasteiger partial charge in [0.25, 0.3) is 0 Å². The van der Waals surface area contributed by atoms with Gasteiger partial charge in [-0.3, -0.25) is 0 Å². The van der Waals surface area contributed by atoms with Gasteiger partial charge in [-0.1, -0.05) is 62.5 Å². The Kier molecular flexibility index (Phi) is 14.0. The van der Waals surface area contributed by atoms with Gasteiger partial charge in [0.05, 0.1) is 31.0 Å². The highest BCUT2D eigenvalue weighted by atomic mass is 35.5. The number of benzene rings is 2. The van der Waals surface area contributed by atoms with Crippen LogP contribution in [0.3, 0.4) is 0 Å². The second-order valence-electron chi connectivity index (χ2n) is 13.7. The summed E-state index contributed by atoms with van der Waals surface area (Å²) in [5.74, 6) is 3.14. The molecule has 252 valence electrons. The maximum atomic E-state index is 6.14. The number of ether oxygens (including phenoxy) is 4. The molecule has 0 aliphatic heterocycles. The second kappa shape index (κ2) is 17.0. The van der Waals surface area contributed by atoms with Crippen molar-refractivity contribution in [3.8, 4) is 34.3 Å². The molecule has 0 fully saturated rings. The van der Waals surface area contributed by atoms with Crippen LogP contribution in [0.2, 0.25) is 61.4 Å². The minimum Gasteiger partial charge on any atom is -0.496 e. The van der Waals surface area contributed by atoms with E-state index in [1.807, 2.05) is 67.2 Å². The maximum Gasteiger partial charge on any atom is 0.145 e. The first-order valence-corrected chi connectivity index (χ1v) is 23.7. The zero-order valence-corrected chi connectivity index (χ0v) is 32.6. The molecule has 0 unspecified atom stereocenters. The van der Waals surface area contributed by atoms with Crippen LogP contribution >= 0.6 is 23.2 Å². The van der Waals surface area contributed by atoms with Gasteiger partial charge in [-0.25, -0.2) is 9.97 Å². The summed E-state index contributed by atoms with van der Waals surface area (Å²) in [6.45, 7) is 20.6. The van der Waals surface area contributed by atoms with Gasteiger partial charge in [-0.05, 0) is 62.3 Å². The first-order chi connectivity index (χ1) is 21.6. The van der Waals surface area contributed by atoms with E-state index >= 15 is 0 Å². The molecular formula is C34H50Cl2N4O4Si2. The van der Waals surface area contributed by atoms with E-state index in [-0.39, 0.29) is 0 Å². The van der Waals surface area contributed by atoms with Crippen LogP contribution in [0.15, 0.2) is 48.8 Å². The predicted molar refractivity (Wildman–Crippen MR) is 196 cm³/mol. The van der Waals surface area contributed by atoms with Gasteiger partial charge < -0.3 is 28.1 Å². The van der Waals surface area contributed by atoms with E-state index in [1.165, 1.54) is 0 Å². The average Bonchev–Trinajstić information content (AvgIpc) is 3.54. The number of halogens is 2. The Bertz CT molecular complexity index is 1510. The van der Waals surface area contributed by atoms with Crippen molar-refractivity contribution in [1.82, 2.24) is 19.1 Å². The quantitative estimate of drug-likeness (QED) is 0.0961. The highest BCUT2D eigenvalue weighted by Gasteiger charge is 2.17. The van der Waals surface area contributed by atoms with Gasteiger partial charge in [-0.15, -0.1) is 0 Å². The molecule has 0 aliphatic rings. The summed E-state index contributed by atoms with van der Waals surface area (Å²) in [4.78, 5) is 9.13. The van der Waals surface area contributed by atoms with Crippen LogP contribution in [0.5, 0.6) is 11.5 Å². The van der Waals surface area contributed by atoms with Crippen LogP contribution < -0.4 is 9.47 Å². The smallest absolute Gasteiger partial charge is 0.145 e. The number of hydrogen-bond donors (Lipinski definition) is 0. The van der Waals surface area contributed by atoms with Gasteiger partial charge in [-0.2, -0.15) is 0 Å². The summed E-state index contributed by atoms with van der Waals surface area (Å²) in [7, 11) is 1.14. The molecule has 0 aliphatic carbocycles. The Morgan fingerprint density at radius 2 is 1.22 bits per heavy atom. The minimum atomic E-state index is -1.08. The zero-order valence-electron chi connectivity index (χ0n) is 29.0. The van der Waals surface area contributed by atoms with Gasteiger partial charge >= 0.3 is 0 Å². The summed E-state index contributed by atoms with van der Waals surface area (Å²) in [5, 5.41) is 1.32. The number of aromatic nitrogens is 4. The van der Waals surface area contributed by atoms with Crippen molar-refractivity contribution in [1.29, 1.82) is 0 Å². The molecule has 2 aromatic heterocycles. The predicted octanol–water partition coefficient (Wildman–Crippen LogP) is 9.67. The first kappa shape index (κ1) is 37.8. The lowest BCUT2D eigenvalue weighted by Crippen LogP contribution is -2.22. The molecule has 0 atom stereocenters. The molecule has 0 amide bonds. The topological polar surface area (TPSA) is 72.6 Å². The summed E-state index contributed by atoms with van der Waals surface area (Å²) in [5.41, 5.74) is 3.75. The van der Waals surface area contributed by atoms with Gasteiger partial charge in [0, 0.05) is 57.5 Å². The van der Waals surface area contributed by atoms with E-state index < -0.39 is 16.1 Å². The zero-order chi connectivity index (χ0) is 34.1. The largest absolute Gasteiger partial charge is 0.496 e. The number of nitrogens with zero attached hydrogens (tertiary/aromatic N) is 4. The highest BCUT2D eigenvalue weighted by molar-refractivity contribution is 6.76. The second-order valence-corrected chi connectivity index (χ2v) is 25.8. The molecule has 0 radical (unpaired) electrons. The fourth-order valence-corrected chi connectivity index (χ4v) is 6.34. The number of rotatable bonds is 14. The van der Waals surface area contributed by atoms with Crippen LogP contribution in [0.1, 0.15) is 11.4 Å². The van der Waals surface area contributed by atoms with Gasteiger partial charge in [0.2, 0.25) is 0 Å². The maximum absolute atomic E-state index is 6.14. The SMILES string of the molecule is COc1ccc(Cl)cc1-c1nc(C)cn1COCC[Si](C)(C)C.COc1ccc(Cl)cc1-c1ncc(C)n1COCC[Si](C)(C)C. The summed E-state index contributed by atoms with van der Waals surface area (Å²) < 4.78 is 26.7. The van der Waals surface area contributed by atoms with E-state index in [0.29, 0.717) is 23.5 Å². The Labute approximate surface area is 287 Å². The van der Waals surface area contributed by atoms with Crippen LogP contribution in [-0.4, -0.2) is 62.7 Å². The minimum absolute atomic E-state index is 0.482. The number of imidazole rings is 2. The van der Waals surface area contributed by atoms with Crippen molar-refractivity contribution in [2.24, 2.45) is 0 Å². The van der Waals surface area contributed by atoms with Crippen molar-refractivity contribution in [2.45, 2.75) is 78.7 Å². The monoisotopic (exact) mass is 704 g/mol. The van der Waals surface area contributed by atoms with Crippen LogP contribution in [0.4, 0.5) is 0 Å².